The monoisotopic (exact) mass is 538 g/mol. The number of halogens is 3. The van der Waals surface area contributed by atoms with Gasteiger partial charge < -0.3 is 10.2 Å². The number of ketones is 1. The number of nitrogens with zero attached hydrogens (tertiary/aromatic N) is 5. The fraction of sp³-hybridized carbons (Fsp3) is 0.333. The van der Waals surface area contributed by atoms with Crippen molar-refractivity contribution < 1.29 is 18.0 Å². The lowest BCUT2D eigenvalue weighted by molar-refractivity contribution is 0.0969. The Morgan fingerprint density at radius 1 is 1.03 bits per heavy atom. The molecule has 0 spiro atoms. The van der Waals surface area contributed by atoms with E-state index in [0.717, 1.165) is 23.6 Å². The van der Waals surface area contributed by atoms with E-state index in [-0.39, 0.29) is 29.3 Å². The van der Waals surface area contributed by atoms with Gasteiger partial charge in [-0.15, -0.1) is 0 Å². The number of carbonyl (C=O) groups excluding carboxylic acids is 1. The lowest BCUT2D eigenvalue weighted by atomic mass is 10.1. The maximum atomic E-state index is 14.8. The fourth-order valence-electron chi connectivity index (χ4n) is 5.68. The molecule has 12 heteroatoms. The number of benzene rings is 2. The first-order valence-electron chi connectivity index (χ1n) is 12.6. The van der Waals surface area contributed by atoms with Crippen LogP contribution in [0.2, 0.25) is 0 Å². The highest BCUT2D eigenvalue weighted by Crippen LogP contribution is 2.33. The molecule has 2 aliphatic heterocycles. The van der Waals surface area contributed by atoms with Crippen molar-refractivity contribution >= 4 is 22.9 Å². The van der Waals surface area contributed by atoms with Crippen LogP contribution in [-0.2, 0) is 20.1 Å². The summed E-state index contributed by atoms with van der Waals surface area (Å²) in [4.78, 5) is 46.6. The Balaban J connectivity index is 1.55. The Labute approximate surface area is 220 Å². The van der Waals surface area contributed by atoms with Crippen molar-refractivity contribution in [3.8, 4) is 0 Å². The zero-order valence-corrected chi connectivity index (χ0v) is 21.0. The maximum Gasteiger partial charge on any atom is 0.332 e. The molecule has 6 rings (SSSR count). The molecule has 9 nitrogen and oxygen atoms in total. The van der Waals surface area contributed by atoms with Crippen molar-refractivity contribution in [1.29, 1.82) is 0 Å². The van der Waals surface area contributed by atoms with Crippen molar-refractivity contribution in [2.24, 2.45) is 13.0 Å². The van der Waals surface area contributed by atoms with E-state index in [4.69, 9.17) is 0 Å². The quantitative estimate of drug-likeness (QED) is 0.298. The molecule has 0 radical (unpaired) electrons. The molecule has 2 unspecified atom stereocenters. The van der Waals surface area contributed by atoms with Crippen molar-refractivity contribution in [1.82, 2.24) is 24.0 Å². The Kier molecular flexibility index (Phi) is 6.13. The van der Waals surface area contributed by atoms with Gasteiger partial charge in [0.15, 0.2) is 28.6 Å². The van der Waals surface area contributed by atoms with Gasteiger partial charge in [0.2, 0.25) is 5.95 Å². The van der Waals surface area contributed by atoms with Gasteiger partial charge in [-0.25, -0.2) is 18.0 Å². The van der Waals surface area contributed by atoms with Crippen LogP contribution in [0.5, 0.6) is 0 Å². The predicted octanol–water partition coefficient (Wildman–Crippen LogP) is 2.04. The Morgan fingerprint density at radius 3 is 2.54 bits per heavy atom. The summed E-state index contributed by atoms with van der Waals surface area (Å²) in [7, 11) is 1.44. The third kappa shape index (κ3) is 4.15. The third-order valence-electron chi connectivity index (χ3n) is 7.73. The number of hydrogen-bond donors (Lipinski definition) is 1. The SMILES string of the molecule is Cn1c(=O)n(CC(=O)c2ccccc2)c(=O)c2c1nc(N1CCC3CNCC31)n2Cc1cc(F)c(F)cc1F. The van der Waals surface area contributed by atoms with Crippen LogP contribution in [0.1, 0.15) is 22.3 Å². The van der Waals surface area contributed by atoms with Crippen molar-refractivity contribution in [2.45, 2.75) is 25.6 Å². The molecule has 2 fully saturated rings. The molecule has 2 saturated heterocycles. The summed E-state index contributed by atoms with van der Waals surface area (Å²) in [5.41, 5.74) is -1.34. The van der Waals surface area contributed by atoms with Gasteiger partial charge in [0, 0.05) is 49.9 Å². The highest BCUT2D eigenvalue weighted by atomic mass is 19.2. The summed E-state index contributed by atoms with van der Waals surface area (Å²) < 4.78 is 46.0. The van der Waals surface area contributed by atoms with E-state index in [0.29, 0.717) is 36.6 Å². The summed E-state index contributed by atoms with van der Waals surface area (Å²) >= 11 is 0. The third-order valence-corrected chi connectivity index (χ3v) is 7.73. The first-order valence-corrected chi connectivity index (χ1v) is 12.6. The van der Waals surface area contributed by atoms with E-state index >= 15 is 0 Å². The van der Waals surface area contributed by atoms with Gasteiger partial charge in [-0.2, -0.15) is 4.98 Å². The van der Waals surface area contributed by atoms with Crippen LogP contribution in [0.4, 0.5) is 19.1 Å². The molecule has 4 aromatic rings. The standard InChI is InChI=1S/C27H25F3N6O3/c1-33-24-23(25(38)36(27(33)39)14-22(37)15-5-3-2-4-6-15)35(13-17-9-19(29)20(30)10-18(17)28)26(32-24)34-8-7-16-11-31-12-21(16)34/h2-6,9-10,16,21,31H,7-8,11-14H2,1H3. The van der Waals surface area contributed by atoms with E-state index in [9.17, 15) is 27.6 Å². The van der Waals surface area contributed by atoms with Gasteiger partial charge >= 0.3 is 5.69 Å². The second-order valence-corrected chi connectivity index (χ2v) is 10.0. The van der Waals surface area contributed by atoms with Gasteiger partial charge in [0.1, 0.15) is 5.82 Å². The molecule has 2 aromatic carbocycles. The van der Waals surface area contributed by atoms with Gasteiger partial charge in [0.25, 0.3) is 5.56 Å². The number of aryl methyl sites for hydroxylation is 1. The minimum atomic E-state index is -1.32. The average molecular weight is 539 g/mol. The molecule has 0 amide bonds. The number of Topliss-reactive ketones (excluding diaryl/α,β-unsaturated/α-hetero) is 1. The molecule has 0 aliphatic carbocycles. The molecule has 0 saturated carbocycles. The van der Waals surface area contributed by atoms with E-state index in [1.54, 1.807) is 30.3 Å². The molecule has 2 aliphatic rings. The maximum absolute atomic E-state index is 14.8. The molecule has 1 N–H and O–H groups in total. The van der Waals surface area contributed by atoms with Crippen LogP contribution in [0, 0.1) is 23.4 Å². The van der Waals surface area contributed by atoms with Gasteiger partial charge in [0.05, 0.1) is 13.1 Å². The Bertz CT molecular complexity index is 1730. The second-order valence-electron chi connectivity index (χ2n) is 10.0. The summed E-state index contributed by atoms with van der Waals surface area (Å²) in [6.07, 6.45) is 0.870. The summed E-state index contributed by atoms with van der Waals surface area (Å²) in [6, 6.07) is 9.55. The van der Waals surface area contributed by atoms with Crippen LogP contribution >= 0.6 is 0 Å². The fourth-order valence-corrected chi connectivity index (χ4v) is 5.68. The molecular formula is C27H25F3N6O3. The number of imidazole rings is 1. The van der Waals surface area contributed by atoms with E-state index in [1.165, 1.54) is 16.2 Å². The number of nitrogens with one attached hydrogen (secondary N) is 1. The van der Waals surface area contributed by atoms with Gasteiger partial charge in [-0.1, -0.05) is 30.3 Å². The van der Waals surface area contributed by atoms with Gasteiger partial charge in [-0.05, 0) is 18.4 Å². The van der Waals surface area contributed by atoms with E-state index in [1.807, 2.05) is 4.90 Å². The molecule has 4 heterocycles. The first kappa shape index (κ1) is 25.1. The molecule has 202 valence electrons. The number of aromatic nitrogens is 4. The number of fused-ring (bicyclic) bond motifs is 2. The normalized spacial score (nSPS) is 18.7. The zero-order chi connectivity index (χ0) is 27.4. The Morgan fingerprint density at radius 2 is 1.77 bits per heavy atom. The lowest BCUT2D eigenvalue weighted by Gasteiger charge is -2.25. The highest BCUT2D eigenvalue weighted by molar-refractivity contribution is 5.96. The van der Waals surface area contributed by atoms with Gasteiger partial charge in [-0.3, -0.25) is 23.3 Å². The zero-order valence-electron chi connectivity index (χ0n) is 21.0. The highest BCUT2D eigenvalue weighted by Gasteiger charge is 2.40. The van der Waals surface area contributed by atoms with Crippen molar-refractivity contribution in [3.05, 3.63) is 91.9 Å². The van der Waals surface area contributed by atoms with Crippen LogP contribution in [-0.4, -0.2) is 50.1 Å². The van der Waals surface area contributed by atoms with Crippen LogP contribution < -0.4 is 21.5 Å². The van der Waals surface area contributed by atoms with Crippen LogP contribution in [0.25, 0.3) is 11.2 Å². The lowest BCUT2D eigenvalue weighted by Crippen LogP contribution is -2.41. The van der Waals surface area contributed by atoms with Crippen LogP contribution in [0.3, 0.4) is 0 Å². The smallest absolute Gasteiger partial charge is 0.332 e. The second kappa shape index (κ2) is 9.53. The number of hydrogen-bond acceptors (Lipinski definition) is 6. The minimum absolute atomic E-state index is 0.0356. The average Bonchev–Trinajstić information content (AvgIpc) is 3.64. The van der Waals surface area contributed by atoms with Crippen molar-refractivity contribution in [2.75, 3.05) is 24.5 Å². The molecule has 2 aromatic heterocycles. The number of anilines is 1. The van der Waals surface area contributed by atoms with Crippen molar-refractivity contribution in [3.63, 3.8) is 0 Å². The topological polar surface area (TPSA) is 94.2 Å². The predicted molar refractivity (Wildman–Crippen MR) is 138 cm³/mol. The Hall–Kier alpha value is -4.19. The largest absolute Gasteiger partial charge is 0.338 e. The molecule has 39 heavy (non-hydrogen) atoms. The molecule has 0 bridgehead atoms. The first-order chi connectivity index (χ1) is 18.7. The minimum Gasteiger partial charge on any atom is -0.338 e. The van der Waals surface area contributed by atoms with Crippen LogP contribution in [0.15, 0.2) is 52.1 Å². The van der Waals surface area contributed by atoms with E-state index in [2.05, 4.69) is 10.3 Å². The number of carbonyl (C=O) groups is 1. The molecular weight excluding hydrogens is 513 g/mol. The summed E-state index contributed by atoms with van der Waals surface area (Å²) in [5, 5.41) is 3.34. The molecule has 2 atom stereocenters. The number of rotatable bonds is 6. The summed E-state index contributed by atoms with van der Waals surface area (Å²) in [6.45, 7) is 1.28. The summed E-state index contributed by atoms with van der Waals surface area (Å²) in [5.74, 6) is -3.29. The van der Waals surface area contributed by atoms with E-state index < -0.39 is 41.0 Å².